The Hall–Kier alpha value is -3.61. The van der Waals surface area contributed by atoms with Gasteiger partial charge in [-0.1, -0.05) is 35.3 Å². The Morgan fingerprint density at radius 2 is 1.55 bits per heavy atom. The van der Waals surface area contributed by atoms with Gasteiger partial charge < -0.3 is 10.6 Å². The Morgan fingerprint density at radius 1 is 0.818 bits per heavy atom. The third kappa shape index (κ3) is 4.62. The molecule has 1 heterocycles. The van der Waals surface area contributed by atoms with E-state index in [1.807, 2.05) is 32.0 Å². The van der Waals surface area contributed by atoms with E-state index in [1.165, 1.54) is 0 Å². The number of amides is 3. The normalized spacial score (nSPS) is 13.5. The molecule has 0 radical (unpaired) electrons. The highest BCUT2D eigenvalue weighted by Crippen LogP contribution is 2.31. The summed E-state index contributed by atoms with van der Waals surface area (Å²) in [7, 11) is 0. The van der Waals surface area contributed by atoms with E-state index < -0.39 is 11.8 Å². The zero-order valence-electron chi connectivity index (χ0n) is 17.8. The van der Waals surface area contributed by atoms with E-state index in [1.54, 1.807) is 48.5 Å². The van der Waals surface area contributed by atoms with Gasteiger partial charge in [0.1, 0.15) is 10.7 Å². The van der Waals surface area contributed by atoms with Crippen molar-refractivity contribution in [3.63, 3.8) is 0 Å². The number of imide groups is 1. The number of hydrogen-bond donors (Lipinski definition) is 2. The van der Waals surface area contributed by atoms with E-state index in [2.05, 4.69) is 10.6 Å². The molecule has 1 aliphatic heterocycles. The number of benzene rings is 3. The summed E-state index contributed by atoms with van der Waals surface area (Å²) in [5.41, 5.74) is 3.99. The molecule has 8 heteroatoms. The third-order valence-electron chi connectivity index (χ3n) is 5.27. The zero-order chi connectivity index (χ0) is 23.7. The van der Waals surface area contributed by atoms with Crippen LogP contribution in [0.3, 0.4) is 0 Å². The average molecular weight is 480 g/mol. The summed E-state index contributed by atoms with van der Waals surface area (Å²) in [4.78, 5) is 39.2. The Morgan fingerprint density at radius 3 is 2.24 bits per heavy atom. The predicted octanol–water partition coefficient (Wildman–Crippen LogP) is 5.64. The van der Waals surface area contributed by atoms with Gasteiger partial charge in [-0.25, -0.2) is 4.90 Å². The lowest BCUT2D eigenvalue weighted by atomic mass is 10.1. The first-order chi connectivity index (χ1) is 15.7. The van der Waals surface area contributed by atoms with E-state index in [-0.39, 0.29) is 16.6 Å². The Labute approximate surface area is 200 Å². The molecule has 0 saturated carbocycles. The number of halogens is 2. The maximum absolute atomic E-state index is 12.9. The molecule has 166 valence electrons. The van der Waals surface area contributed by atoms with Crippen molar-refractivity contribution in [2.24, 2.45) is 0 Å². The van der Waals surface area contributed by atoms with Gasteiger partial charge >= 0.3 is 0 Å². The summed E-state index contributed by atoms with van der Waals surface area (Å²) in [6.07, 6.45) is 0. The van der Waals surface area contributed by atoms with Crippen molar-refractivity contribution in [3.8, 4) is 0 Å². The number of nitrogens with zero attached hydrogens (tertiary/aromatic N) is 1. The van der Waals surface area contributed by atoms with Crippen LogP contribution in [0.2, 0.25) is 5.02 Å². The van der Waals surface area contributed by atoms with Crippen LogP contribution in [0, 0.1) is 13.8 Å². The Kier molecular flexibility index (Phi) is 6.22. The van der Waals surface area contributed by atoms with Crippen molar-refractivity contribution >= 4 is 58.0 Å². The largest absolute Gasteiger partial charge is 0.350 e. The van der Waals surface area contributed by atoms with Crippen LogP contribution < -0.4 is 15.5 Å². The molecule has 0 bridgehead atoms. The molecule has 0 fully saturated rings. The van der Waals surface area contributed by atoms with E-state index >= 15 is 0 Å². The Bertz CT molecular complexity index is 1320. The second-order valence-electron chi connectivity index (χ2n) is 7.57. The molecule has 3 amide bonds. The number of nitrogens with one attached hydrogen (secondary N) is 2. The Balaban J connectivity index is 1.53. The SMILES string of the molecule is Cc1ccc(NC(=O)c2cccc(NC3=C(Cl)C(=O)N(c4ccc(Cl)cc4)C3=O)c2)cc1C. The third-order valence-corrected chi connectivity index (χ3v) is 5.87. The van der Waals surface area contributed by atoms with Crippen molar-refractivity contribution in [1.82, 2.24) is 0 Å². The fourth-order valence-corrected chi connectivity index (χ4v) is 3.68. The monoisotopic (exact) mass is 479 g/mol. The molecule has 0 aliphatic carbocycles. The first-order valence-corrected chi connectivity index (χ1v) is 10.8. The second-order valence-corrected chi connectivity index (χ2v) is 8.38. The van der Waals surface area contributed by atoms with Gasteiger partial charge in [-0.05, 0) is 79.6 Å². The average Bonchev–Trinajstić information content (AvgIpc) is 3.00. The molecule has 6 nitrogen and oxygen atoms in total. The molecule has 3 aromatic carbocycles. The zero-order valence-corrected chi connectivity index (χ0v) is 19.3. The van der Waals surface area contributed by atoms with E-state index in [9.17, 15) is 14.4 Å². The minimum absolute atomic E-state index is 0.0664. The highest BCUT2D eigenvalue weighted by Gasteiger charge is 2.39. The summed E-state index contributed by atoms with van der Waals surface area (Å²) in [6, 6.07) is 18.5. The molecule has 2 N–H and O–H groups in total. The van der Waals surface area contributed by atoms with Gasteiger partial charge in [0.25, 0.3) is 17.7 Å². The fraction of sp³-hybridized carbons (Fsp3) is 0.0800. The molecule has 0 spiro atoms. The molecular formula is C25H19Cl2N3O3. The quantitative estimate of drug-likeness (QED) is 0.463. The molecule has 3 aromatic rings. The van der Waals surface area contributed by atoms with Crippen LogP contribution in [0.4, 0.5) is 17.1 Å². The number of anilines is 3. The maximum atomic E-state index is 12.9. The van der Waals surface area contributed by atoms with Crippen LogP contribution in [0.25, 0.3) is 0 Å². The molecule has 0 aromatic heterocycles. The lowest BCUT2D eigenvalue weighted by molar-refractivity contribution is -0.120. The number of rotatable bonds is 5. The van der Waals surface area contributed by atoms with Crippen LogP contribution in [0.15, 0.2) is 77.5 Å². The molecule has 1 aliphatic rings. The maximum Gasteiger partial charge on any atom is 0.283 e. The molecular weight excluding hydrogens is 461 g/mol. The van der Waals surface area contributed by atoms with Crippen LogP contribution in [-0.4, -0.2) is 17.7 Å². The van der Waals surface area contributed by atoms with Gasteiger partial charge in [0.15, 0.2) is 0 Å². The number of carbonyl (C=O) groups is 3. The standard InChI is InChI=1S/C25H19Cl2N3O3/c1-14-6-9-19(12-15(14)2)29-23(31)16-4-3-5-18(13-16)28-22-21(27)24(32)30(25(22)33)20-10-7-17(26)8-11-20/h3-13,28H,1-2H3,(H,29,31). The first kappa shape index (κ1) is 22.6. The van der Waals surface area contributed by atoms with Gasteiger partial charge in [-0.2, -0.15) is 0 Å². The molecule has 0 unspecified atom stereocenters. The molecule has 0 atom stereocenters. The highest BCUT2D eigenvalue weighted by atomic mass is 35.5. The van der Waals surface area contributed by atoms with Crippen molar-refractivity contribution in [2.45, 2.75) is 13.8 Å². The van der Waals surface area contributed by atoms with E-state index in [0.717, 1.165) is 16.0 Å². The van der Waals surface area contributed by atoms with Crippen LogP contribution >= 0.6 is 23.2 Å². The topological polar surface area (TPSA) is 78.5 Å². The van der Waals surface area contributed by atoms with Gasteiger partial charge in [-0.15, -0.1) is 0 Å². The molecule has 0 saturated heterocycles. The van der Waals surface area contributed by atoms with Crippen molar-refractivity contribution < 1.29 is 14.4 Å². The fourth-order valence-electron chi connectivity index (χ4n) is 3.34. The van der Waals surface area contributed by atoms with Gasteiger partial charge in [0.2, 0.25) is 0 Å². The smallest absolute Gasteiger partial charge is 0.283 e. The minimum atomic E-state index is -0.643. The van der Waals surface area contributed by atoms with Crippen LogP contribution in [0.1, 0.15) is 21.5 Å². The summed E-state index contributed by atoms with van der Waals surface area (Å²) >= 11 is 12.1. The first-order valence-electron chi connectivity index (χ1n) is 10.0. The van der Waals surface area contributed by atoms with E-state index in [4.69, 9.17) is 23.2 Å². The minimum Gasteiger partial charge on any atom is -0.350 e. The number of carbonyl (C=O) groups excluding carboxylic acids is 3. The second kappa shape index (κ2) is 9.10. The van der Waals surface area contributed by atoms with Crippen molar-refractivity contribution in [2.75, 3.05) is 15.5 Å². The van der Waals surface area contributed by atoms with Gasteiger partial charge in [0, 0.05) is 22.0 Å². The lowest BCUT2D eigenvalue weighted by Gasteiger charge is -2.15. The summed E-state index contributed by atoms with van der Waals surface area (Å²) in [6.45, 7) is 3.97. The predicted molar refractivity (Wildman–Crippen MR) is 131 cm³/mol. The van der Waals surface area contributed by atoms with Crippen molar-refractivity contribution in [1.29, 1.82) is 0 Å². The summed E-state index contributed by atoms with van der Waals surface area (Å²) in [5.74, 6) is -1.55. The van der Waals surface area contributed by atoms with Crippen LogP contribution in [-0.2, 0) is 9.59 Å². The molecule has 4 rings (SSSR count). The summed E-state index contributed by atoms with van der Waals surface area (Å²) in [5, 5.41) is 5.99. The van der Waals surface area contributed by atoms with Crippen molar-refractivity contribution in [3.05, 3.63) is 99.2 Å². The number of aryl methyl sites for hydroxylation is 2. The number of hydrogen-bond acceptors (Lipinski definition) is 4. The van der Waals surface area contributed by atoms with E-state index in [0.29, 0.717) is 27.6 Å². The highest BCUT2D eigenvalue weighted by molar-refractivity contribution is 6.53. The molecule has 33 heavy (non-hydrogen) atoms. The van der Waals surface area contributed by atoms with Crippen LogP contribution in [0.5, 0.6) is 0 Å². The summed E-state index contributed by atoms with van der Waals surface area (Å²) < 4.78 is 0. The lowest BCUT2D eigenvalue weighted by Crippen LogP contribution is -2.32. The van der Waals surface area contributed by atoms with Gasteiger partial charge in [0.05, 0.1) is 5.69 Å². The van der Waals surface area contributed by atoms with Gasteiger partial charge in [-0.3, -0.25) is 14.4 Å².